The Kier molecular flexibility index (Phi) is 4.23. The average molecular weight is 215 g/mol. The Hall–Kier alpha value is -0.940. The van der Waals surface area contributed by atoms with Crippen molar-refractivity contribution in [2.24, 2.45) is 5.92 Å². The van der Waals surface area contributed by atoms with Gasteiger partial charge in [0.2, 0.25) is 11.8 Å². The second-order valence-electron chi connectivity index (χ2n) is 3.89. The number of rotatable bonds is 5. The van der Waals surface area contributed by atoms with Crippen molar-refractivity contribution < 1.29 is 19.4 Å². The summed E-state index contributed by atoms with van der Waals surface area (Å²) in [7, 11) is 1.50. The van der Waals surface area contributed by atoms with Crippen LogP contribution in [0.3, 0.4) is 0 Å². The first kappa shape index (κ1) is 12.1. The number of hydrogen-bond donors (Lipinski definition) is 1. The lowest BCUT2D eigenvalue weighted by Gasteiger charge is -2.16. The van der Waals surface area contributed by atoms with Crippen LogP contribution in [0.1, 0.15) is 19.8 Å². The molecule has 1 aliphatic rings. The third-order valence-corrected chi connectivity index (χ3v) is 2.51. The summed E-state index contributed by atoms with van der Waals surface area (Å²) in [5, 5.41) is 9.37. The van der Waals surface area contributed by atoms with Crippen molar-refractivity contribution in [2.75, 3.05) is 20.3 Å². The van der Waals surface area contributed by atoms with Gasteiger partial charge in [-0.1, -0.05) is 6.92 Å². The summed E-state index contributed by atoms with van der Waals surface area (Å²) in [4.78, 5) is 24.1. The van der Waals surface area contributed by atoms with E-state index in [0.29, 0.717) is 12.8 Å². The highest BCUT2D eigenvalue weighted by molar-refractivity contribution is 6.03. The summed E-state index contributed by atoms with van der Waals surface area (Å²) in [6.07, 6.45) is 0.0450. The van der Waals surface area contributed by atoms with E-state index in [9.17, 15) is 14.7 Å². The third-order valence-electron chi connectivity index (χ3n) is 2.51. The number of amides is 2. The van der Waals surface area contributed by atoms with Gasteiger partial charge in [-0.2, -0.15) is 0 Å². The maximum atomic E-state index is 11.5. The topological polar surface area (TPSA) is 66.8 Å². The Morgan fingerprint density at radius 2 is 2.27 bits per heavy atom. The number of likely N-dealkylation sites (tertiary alicyclic amines) is 1. The molecule has 1 N–H and O–H groups in total. The van der Waals surface area contributed by atoms with E-state index < -0.39 is 6.10 Å². The number of methoxy groups -OCH3 is 1. The van der Waals surface area contributed by atoms with E-state index in [-0.39, 0.29) is 30.9 Å². The molecule has 0 aromatic rings. The molecule has 0 aliphatic carbocycles. The molecule has 0 radical (unpaired) electrons. The van der Waals surface area contributed by atoms with Crippen LogP contribution in [0.25, 0.3) is 0 Å². The number of aliphatic hydroxyl groups excluding tert-OH is 1. The molecule has 1 rings (SSSR count). The van der Waals surface area contributed by atoms with E-state index in [1.165, 1.54) is 12.0 Å². The van der Waals surface area contributed by atoms with Gasteiger partial charge >= 0.3 is 0 Å². The van der Waals surface area contributed by atoms with Crippen molar-refractivity contribution in [1.29, 1.82) is 0 Å². The highest BCUT2D eigenvalue weighted by atomic mass is 16.5. The molecule has 0 saturated carbocycles. The third kappa shape index (κ3) is 3.00. The fourth-order valence-electron chi connectivity index (χ4n) is 1.64. The first-order valence-corrected chi connectivity index (χ1v) is 5.07. The van der Waals surface area contributed by atoms with Crippen molar-refractivity contribution in [2.45, 2.75) is 25.9 Å². The maximum absolute atomic E-state index is 11.5. The van der Waals surface area contributed by atoms with Gasteiger partial charge < -0.3 is 9.84 Å². The second-order valence-corrected chi connectivity index (χ2v) is 3.89. The first-order valence-electron chi connectivity index (χ1n) is 5.07. The molecule has 1 saturated heterocycles. The summed E-state index contributed by atoms with van der Waals surface area (Å²) < 4.78 is 4.76. The van der Waals surface area contributed by atoms with E-state index in [0.717, 1.165) is 0 Å². The van der Waals surface area contributed by atoms with E-state index in [1.807, 2.05) is 0 Å². The number of imide groups is 1. The molecular weight excluding hydrogens is 198 g/mol. The van der Waals surface area contributed by atoms with Crippen LogP contribution in [-0.4, -0.2) is 48.2 Å². The van der Waals surface area contributed by atoms with Crippen molar-refractivity contribution in [3.8, 4) is 0 Å². The fraction of sp³-hybridized carbons (Fsp3) is 0.800. The number of carbonyl (C=O) groups is 2. The Labute approximate surface area is 89.0 Å². The number of ether oxygens (including phenoxy) is 1. The van der Waals surface area contributed by atoms with Gasteiger partial charge in [-0.05, 0) is 6.42 Å². The van der Waals surface area contributed by atoms with Crippen molar-refractivity contribution >= 4 is 11.8 Å². The minimum absolute atomic E-state index is 0.135. The zero-order valence-electron chi connectivity index (χ0n) is 9.10. The SMILES string of the molecule is COCC(O)CCN1C(=O)CC(C)C1=O. The Bertz CT molecular complexity index is 254. The second kappa shape index (κ2) is 5.23. The largest absolute Gasteiger partial charge is 0.391 e. The molecule has 0 aromatic heterocycles. The zero-order valence-corrected chi connectivity index (χ0v) is 9.10. The predicted molar refractivity (Wildman–Crippen MR) is 53.0 cm³/mol. The quantitative estimate of drug-likeness (QED) is 0.644. The van der Waals surface area contributed by atoms with Crippen molar-refractivity contribution in [3.05, 3.63) is 0 Å². The molecule has 0 spiro atoms. The van der Waals surface area contributed by atoms with Gasteiger partial charge in [-0.25, -0.2) is 0 Å². The summed E-state index contributed by atoms with van der Waals surface area (Å²) in [6.45, 7) is 2.25. The van der Waals surface area contributed by atoms with Gasteiger partial charge in [0.25, 0.3) is 0 Å². The number of hydrogen-bond acceptors (Lipinski definition) is 4. The Balaban J connectivity index is 2.38. The first-order chi connectivity index (χ1) is 7.06. The summed E-state index contributed by atoms with van der Waals surface area (Å²) >= 11 is 0. The molecule has 2 unspecified atom stereocenters. The molecule has 1 heterocycles. The minimum atomic E-state index is -0.619. The highest BCUT2D eigenvalue weighted by Crippen LogP contribution is 2.18. The highest BCUT2D eigenvalue weighted by Gasteiger charge is 2.35. The van der Waals surface area contributed by atoms with Crippen molar-refractivity contribution in [3.63, 3.8) is 0 Å². The van der Waals surface area contributed by atoms with Crippen molar-refractivity contribution in [1.82, 2.24) is 4.90 Å². The Morgan fingerprint density at radius 1 is 1.60 bits per heavy atom. The number of aliphatic hydroxyl groups is 1. The average Bonchev–Trinajstić information content (AvgIpc) is 2.40. The molecule has 2 atom stereocenters. The lowest BCUT2D eigenvalue weighted by Crippen LogP contribution is -2.33. The minimum Gasteiger partial charge on any atom is -0.391 e. The molecule has 1 aliphatic heterocycles. The molecule has 5 heteroatoms. The molecule has 0 aromatic carbocycles. The summed E-state index contributed by atoms with van der Waals surface area (Å²) in [6, 6.07) is 0. The Morgan fingerprint density at radius 3 is 2.73 bits per heavy atom. The smallest absolute Gasteiger partial charge is 0.232 e. The number of carbonyl (C=O) groups excluding carboxylic acids is 2. The van der Waals surface area contributed by atoms with Crippen LogP contribution < -0.4 is 0 Å². The van der Waals surface area contributed by atoms with Crippen LogP contribution in [-0.2, 0) is 14.3 Å². The van der Waals surface area contributed by atoms with Gasteiger partial charge in [0.1, 0.15) is 0 Å². The van der Waals surface area contributed by atoms with Crippen LogP contribution in [0.5, 0.6) is 0 Å². The summed E-state index contributed by atoms with van der Waals surface area (Å²) in [5.41, 5.74) is 0. The van der Waals surface area contributed by atoms with Gasteiger partial charge in [0, 0.05) is 26.0 Å². The molecule has 0 bridgehead atoms. The van der Waals surface area contributed by atoms with E-state index in [2.05, 4.69) is 0 Å². The van der Waals surface area contributed by atoms with Gasteiger partial charge in [0.15, 0.2) is 0 Å². The van der Waals surface area contributed by atoms with E-state index >= 15 is 0 Å². The lowest BCUT2D eigenvalue weighted by atomic mass is 10.1. The monoisotopic (exact) mass is 215 g/mol. The van der Waals surface area contributed by atoms with Crippen LogP contribution >= 0.6 is 0 Å². The van der Waals surface area contributed by atoms with Gasteiger partial charge in [-0.15, -0.1) is 0 Å². The van der Waals surface area contributed by atoms with E-state index in [1.54, 1.807) is 6.92 Å². The molecule has 5 nitrogen and oxygen atoms in total. The molecule has 86 valence electrons. The zero-order chi connectivity index (χ0) is 11.4. The van der Waals surface area contributed by atoms with E-state index in [4.69, 9.17) is 4.74 Å². The predicted octanol–water partition coefficient (Wildman–Crippen LogP) is -0.221. The van der Waals surface area contributed by atoms with Crippen LogP contribution in [0.15, 0.2) is 0 Å². The maximum Gasteiger partial charge on any atom is 0.232 e. The normalized spacial score (nSPS) is 23.7. The van der Waals surface area contributed by atoms with Crippen LogP contribution in [0.2, 0.25) is 0 Å². The number of nitrogens with zero attached hydrogens (tertiary/aromatic N) is 1. The standard InChI is InChI=1S/C10H17NO4/c1-7-5-9(13)11(10(7)14)4-3-8(12)6-15-2/h7-8,12H,3-6H2,1-2H3. The lowest BCUT2D eigenvalue weighted by molar-refractivity contribution is -0.139. The molecular formula is C10H17NO4. The molecule has 2 amide bonds. The van der Waals surface area contributed by atoms with Crippen LogP contribution in [0, 0.1) is 5.92 Å². The summed E-state index contributed by atoms with van der Waals surface area (Å²) in [5.74, 6) is -0.487. The molecule has 1 fully saturated rings. The fourth-order valence-corrected chi connectivity index (χ4v) is 1.64. The van der Waals surface area contributed by atoms with Gasteiger partial charge in [-0.3, -0.25) is 14.5 Å². The molecule has 15 heavy (non-hydrogen) atoms. The van der Waals surface area contributed by atoms with Gasteiger partial charge in [0.05, 0.1) is 12.7 Å². The van der Waals surface area contributed by atoms with Crippen LogP contribution in [0.4, 0.5) is 0 Å².